The second kappa shape index (κ2) is 6.50. The highest BCUT2D eigenvalue weighted by molar-refractivity contribution is 5.19. The minimum atomic E-state index is 0.165. The summed E-state index contributed by atoms with van der Waals surface area (Å²) in [5.74, 6) is 0.937. The number of rotatable bonds is 5. The molecule has 2 aliphatic rings. The molecule has 0 bridgehead atoms. The van der Waals surface area contributed by atoms with Crippen molar-refractivity contribution in [2.75, 3.05) is 13.1 Å². The molecule has 3 rings (SSSR count). The van der Waals surface area contributed by atoms with E-state index in [0.29, 0.717) is 0 Å². The van der Waals surface area contributed by atoms with Crippen LogP contribution < -0.4 is 5.73 Å². The van der Waals surface area contributed by atoms with Crippen molar-refractivity contribution in [1.29, 1.82) is 0 Å². The van der Waals surface area contributed by atoms with E-state index in [0.717, 1.165) is 31.3 Å². The standard InChI is InChI=1S/C19H30N2/c1-2-19(15-20,14-16-8-4-3-5-9-16)21-13-12-17-10-6-7-11-18(17)21/h3-5,8-9,17-18H,2,6-7,10-15,20H2,1H3. The van der Waals surface area contributed by atoms with Crippen LogP contribution in [-0.4, -0.2) is 29.6 Å². The highest BCUT2D eigenvalue weighted by atomic mass is 15.3. The zero-order chi connectivity index (χ0) is 14.7. The third-order valence-electron chi connectivity index (χ3n) is 6.03. The fourth-order valence-corrected chi connectivity index (χ4v) is 4.73. The summed E-state index contributed by atoms with van der Waals surface area (Å²) >= 11 is 0. The molecule has 1 aliphatic carbocycles. The third-order valence-corrected chi connectivity index (χ3v) is 6.03. The first kappa shape index (κ1) is 15.1. The van der Waals surface area contributed by atoms with Crippen molar-refractivity contribution in [2.24, 2.45) is 11.7 Å². The zero-order valence-electron chi connectivity index (χ0n) is 13.4. The van der Waals surface area contributed by atoms with Gasteiger partial charge in [0.1, 0.15) is 0 Å². The number of hydrogen-bond acceptors (Lipinski definition) is 2. The second-order valence-electron chi connectivity index (χ2n) is 7.04. The molecule has 0 radical (unpaired) electrons. The van der Waals surface area contributed by atoms with Crippen LogP contribution in [-0.2, 0) is 6.42 Å². The minimum Gasteiger partial charge on any atom is -0.329 e. The predicted molar refractivity (Wildman–Crippen MR) is 89.3 cm³/mol. The summed E-state index contributed by atoms with van der Waals surface area (Å²) in [6.45, 7) is 4.36. The fourth-order valence-electron chi connectivity index (χ4n) is 4.73. The van der Waals surface area contributed by atoms with Crippen LogP contribution in [0.15, 0.2) is 30.3 Å². The van der Waals surface area contributed by atoms with Crippen LogP contribution in [0.2, 0.25) is 0 Å². The summed E-state index contributed by atoms with van der Waals surface area (Å²) in [6.07, 6.45) is 9.33. The molecule has 116 valence electrons. The van der Waals surface area contributed by atoms with E-state index >= 15 is 0 Å². The van der Waals surface area contributed by atoms with Crippen molar-refractivity contribution >= 4 is 0 Å². The van der Waals surface area contributed by atoms with Crippen molar-refractivity contribution < 1.29 is 0 Å². The Bertz CT molecular complexity index is 438. The van der Waals surface area contributed by atoms with Crippen molar-refractivity contribution in [3.63, 3.8) is 0 Å². The Kier molecular flexibility index (Phi) is 4.66. The van der Waals surface area contributed by atoms with Crippen molar-refractivity contribution in [3.05, 3.63) is 35.9 Å². The molecule has 3 atom stereocenters. The maximum Gasteiger partial charge on any atom is 0.0372 e. The number of benzene rings is 1. The smallest absolute Gasteiger partial charge is 0.0372 e. The first-order chi connectivity index (χ1) is 10.3. The highest BCUT2D eigenvalue weighted by Gasteiger charge is 2.45. The lowest BCUT2D eigenvalue weighted by Crippen LogP contribution is -2.57. The normalized spacial score (nSPS) is 29.0. The van der Waals surface area contributed by atoms with E-state index in [1.807, 2.05) is 0 Å². The van der Waals surface area contributed by atoms with Gasteiger partial charge in [-0.1, -0.05) is 50.1 Å². The Labute approximate surface area is 129 Å². The average Bonchev–Trinajstić information content (AvgIpc) is 2.98. The van der Waals surface area contributed by atoms with E-state index < -0.39 is 0 Å². The van der Waals surface area contributed by atoms with Crippen LogP contribution in [0.25, 0.3) is 0 Å². The van der Waals surface area contributed by atoms with Crippen molar-refractivity contribution in [1.82, 2.24) is 4.90 Å². The lowest BCUT2D eigenvalue weighted by molar-refractivity contribution is 0.0508. The molecule has 1 aromatic rings. The molecule has 2 nitrogen and oxygen atoms in total. The van der Waals surface area contributed by atoms with Gasteiger partial charge in [0.25, 0.3) is 0 Å². The van der Waals surface area contributed by atoms with Gasteiger partial charge in [-0.2, -0.15) is 0 Å². The summed E-state index contributed by atoms with van der Waals surface area (Å²) in [4.78, 5) is 2.81. The number of nitrogens with two attached hydrogens (primary N) is 1. The van der Waals surface area contributed by atoms with Gasteiger partial charge in [0.05, 0.1) is 0 Å². The summed E-state index contributed by atoms with van der Waals surface area (Å²) in [5.41, 5.74) is 7.93. The average molecular weight is 286 g/mol. The molecule has 21 heavy (non-hydrogen) atoms. The molecule has 2 N–H and O–H groups in total. The summed E-state index contributed by atoms with van der Waals surface area (Å²) in [5, 5.41) is 0. The van der Waals surface area contributed by atoms with Crippen molar-refractivity contribution in [3.8, 4) is 0 Å². The maximum atomic E-state index is 6.33. The topological polar surface area (TPSA) is 29.3 Å². The largest absolute Gasteiger partial charge is 0.329 e. The van der Waals surface area contributed by atoms with Gasteiger partial charge >= 0.3 is 0 Å². The van der Waals surface area contributed by atoms with Gasteiger partial charge in [-0.3, -0.25) is 4.90 Å². The lowest BCUT2D eigenvalue weighted by atomic mass is 9.81. The molecule has 1 aliphatic heterocycles. The SMILES string of the molecule is CCC(CN)(Cc1ccccc1)N1CCC2CCCCC21. The molecule has 1 saturated carbocycles. The number of nitrogens with zero attached hydrogens (tertiary/aromatic N) is 1. The minimum absolute atomic E-state index is 0.165. The highest BCUT2D eigenvalue weighted by Crippen LogP contribution is 2.41. The lowest BCUT2D eigenvalue weighted by Gasteiger charge is -2.46. The first-order valence-electron chi connectivity index (χ1n) is 8.80. The maximum absolute atomic E-state index is 6.33. The third kappa shape index (κ3) is 2.89. The molecule has 0 amide bonds. The van der Waals surface area contributed by atoms with Crippen LogP contribution in [0.3, 0.4) is 0 Å². The van der Waals surface area contributed by atoms with Crippen molar-refractivity contribution in [2.45, 2.75) is 63.5 Å². The Balaban J connectivity index is 1.83. The number of fused-ring (bicyclic) bond motifs is 1. The van der Waals surface area contributed by atoms with Crippen LogP contribution in [0.1, 0.15) is 51.0 Å². The summed E-state index contributed by atoms with van der Waals surface area (Å²) in [6, 6.07) is 11.7. The molecule has 1 aromatic carbocycles. The van der Waals surface area contributed by atoms with Gasteiger partial charge in [-0.15, -0.1) is 0 Å². The Morgan fingerprint density at radius 1 is 1.14 bits per heavy atom. The Morgan fingerprint density at radius 3 is 2.62 bits per heavy atom. The van der Waals surface area contributed by atoms with Gasteiger partial charge in [0.2, 0.25) is 0 Å². The molecular formula is C19H30N2. The van der Waals surface area contributed by atoms with Crippen LogP contribution in [0.5, 0.6) is 0 Å². The zero-order valence-corrected chi connectivity index (χ0v) is 13.4. The quantitative estimate of drug-likeness (QED) is 0.896. The van der Waals surface area contributed by atoms with E-state index in [2.05, 4.69) is 42.2 Å². The van der Waals surface area contributed by atoms with E-state index in [1.165, 1.54) is 44.2 Å². The molecular weight excluding hydrogens is 256 g/mol. The van der Waals surface area contributed by atoms with Crippen LogP contribution in [0, 0.1) is 5.92 Å². The number of hydrogen-bond donors (Lipinski definition) is 1. The molecule has 1 heterocycles. The Morgan fingerprint density at radius 2 is 1.90 bits per heavy atom. The van der Waals surface area contributed by atoms with E-state index in [-0.39, 0.29) is 5.54 Å². The summed E-state index contributed by atoms with van der Waals surface area (Å²) < 4.78 is 0. The van der Waals surface area contributed by atoms with E-state index in [9.17, 15) is 0 Å². The Hall–Kier alpha value is -0.860. The molecule has 1 saturated heterocycles. The fraction of sp³-hybridized carbons (Fsp3) is 0.684. The van der Waals surface area contributed by atoms with E-state index in [4.69, 9.17) is 5.73 Å². The van der Waals surface area contributed by atoms with Gasteiger partial charge in [0.15, 0.2) is 0 Å². The van der Waals surface area contributed by atoms with Gasteiger partial charge in [-0.25, -0.2) is 0 Å². The molecule has 2 fully saturated rings. The van der Waals surface area contributed by atoms with Gasteiger partial charge in [0, 0.05) is 18.1 Å². The second-order valence-corrected chi connectivity index (χ2v) is 7.04. The molecule has 2 heteroatoms. The molecule has 3 unspecified atom stereocenters. The van der Waals surface area contributed by atoms with Gasteiger partial charge in [-0.05, 0) is 50.1 Å². The first-order valence-corrected chi connectivity index (χ1v) is 8.80. The molecule has 0 spiro atoms. The van der Waals surface area contributed by atoms with Crippen LogP contribution >= 0.6 is 0 Å². The monoisotopic (exact) mass is 286 g/mol. The van der Waals surface area contributed by atoms with E-state index in [1.54, 1.807) is 0 Å². The summed E-state index contributed by atoms with van der Waals surface area (Å²) in [7, 11) is 0. The van der Waals surface area contributed by atoms with Gasteiger partial charge < -0.3 is 5.73 Å². The predicted octanol–water partition coefficient (Wildman–Crippen LogP) is 3.60. The molecule has 0 aromatic heterocycles. The number of likely N-dealkylation sites (tertiary alicyclic amines) is 1. The van der Waals surface area contributed by atoms with Crippen LogP contribution in [0.4, 0.5) is 0 Å².